The maximum atomic E-state index is 13.0. The molecule has 0 unspecified atom stereocenters. The summed E-state index contributed by atoms with van der Waals surface area (Å²) in [6, 6.07) is 10.2. The van der Waals surface area contributed by atoms with Gasteiger partial charge < -0.3 is 9.80 Å². The minimum Gasteiger partial charge on any atom is -0.368 e. The first kappa shape index (κ1) is 14.5. The lowest BCUT2D eigenvalue weighted by Crippen LogP contribution is -2.49. The van der Waals surface area contributed by atoms with Crippen LogP contribution in [0.4, 0.5) is 10.1 Å². The molecule has 5 heteroatoms. The van der Waals surface area contributed by atoms with Crippen LogP contribution in [0, 0.1) is 12.7 Å². The van der Waals surface area contributed by atoms with Gasteiger partial charge in [-0.15, -0.1) is 0 Å². The Morgan fingerprint density at radius 1 is 1.09 bits per heavy atom. The standard InChI is InChI=1S/C17H18FN3O/c1-13-6-7-19-16(12-13)17(22)21-10-8-20(9-11-21)15-4-2-14(18)3-5-15/h2-7,12H,8-11H2,1H3. The van der Waals surface area contributed by atoms with Crippen molar-refractivity contribution in [2.75, 3.05) is 31.1 Å². The molecule has 4 nitrogen and oxygen atoms in total. The third-order valence-corrected chi connectivity index (χ3v) is 3.89. The maximum Gasteiger partial charge on any atom is 0.272 e. The van der Waals surface area contributed by atoms with E-state index in [9.17, 15) is 9.18 Å². The number of rotatable bonds is 2. The quantitative estimate of drug-likeness (QED) is 0.855. The van der Waals surface area contributed by atoms with Gasteiger partial charge in [0.05, 0.1) is 0 Å². The normalized spacial score (nSPS) is 15.0. The van der Waals surface area contributed by atoms with E-state index in [0.717, 1.165) is 24.3 Å². The third-order valence-electron chi connectivity index (χ3n) is 3.89. The zero-order valence-corrected chi connectivity index (χ0v) is 12.5. The summed E-state index contributed by atoms with van der Waals surface area (Å²) >= 11 is 0. The van der Waals surface area contributed by atoms with E-state index < -0.39 is 0 Å². The largest absolute Gasteiger partial charge is 0.368 e. The van der Waals surface area contributed by atoms with E-state index in [4.69, 9.17) is 0 Å². The number of amides is 1. The fraction of sp³-hybridized carbons (Fsp3) is 0.294. The van der Waals surface area contributed by atoms with Gasteiger partial charge in [-0.3, -0.25) is 9.78 Å². The molecule has 0 bridgehead atoms. The summed E-state index contributed by atoms with van der Waals surface area (Å²) < 4.78 is 13.0. The zero-order chi connectivity index (χ0) is 15.5. The van der Waals surface area contributed by atoms with Crippen molar-refractivity contribution >= 4 is 11.6 Å². The SMILES string of the molecule is Cc1ccnc(C(=O)N2CCN(c3ccc(F)cc3)CC2)c1. The van der Waals surface area contributed by atoms with Gasteiger partial charge in [-0.2, -0.15) is 0 Å². The number of anilines is 1. The van der Waals surface area contributed by atoms with Gasteiger partial charge in [0, 0.05) is 38.1 Å². The summed E-state index contributed by atoms with van der Waals surface area (Å²) in [5.41, 5.74) is 2.51. The van der Waals surface area contributed by atoms with Crippen LogP contribution in [0.1, 0.15) is 16.1 Å². The number of aryl methyl sites for hydroxylation is 1. The molecule has 114 valence electrons. The molecule has 1 amide bonds. The molecule has 0 aliphatic carbocycles. The zero-order valence-electron chi connectivity index (χ0n) is 12.5. The fourth-order valence-electron chi connectivity index (χ4n) is 2.63. The van der Waals surface area contributed by atoms with Gasteiger partial charge in [0.25, 0.3) is 5.91 Å². The number of nitrogens with zero attached hydrogens (tertiary/aromatic N) is 3. The molecule has 1 aromatic heterocycles. The van der Waals surface area contributed by atoms with Crippen molar-refractivity contribution in [1.29, 1.82) is 0 Å². The van der Waals surface area contributed by atoms with E-state index in [1.165, 1.54) is 12.1 Å². The smallest absolute Gasteiger partial charge is 0.272 e. The topological polar surface area (TPSA) is 36.4 Å². The molecule has 1 aliphatic heterocycles. The summed E-state index contributed by atoms with van der Waals surface area (Å²) in [4.78, 5) is 20.6. The van der Waals surface area contributed by atoms with Crippen LogP contribution in [0.5, 0.6) is 0 Å². The Morgan fingerprint density at radius 2 is 1.77 bits per heavy atom. The number of carbonyl (C=O) groups excluding carboxylic acids is 1. The first-order valence-corrected chi connectivity index (χ1v) is 7.36. The van der Waals surface area contributed by atoms with Gasteiger partial charge in [-0.25, -0.2) is 4.39 Å². The van der Waals surface area contributed by atoms with Crippen LogP contribution in [0.15, 0.2) is 42.6 Å². The second-order valence-corrected chi connectivity index (χ2v) is 5.47. The number of hydrogen-bond acceptors (Lipinski definition) is 3. The molecule has 22 heavy (non-hydrogen) atoms. The van der Waals surface area contributed by atoms with Gasteiger partial charge in [0.15, 0.2) is 0 Å². The Hall–Kier alpha value is -2.43. The lowest BCUT2D eigenvalue weighted by molar-refractivity contribution is 0.0741. The molecule has 1 aromatic carbocycles. The Balaban J connectivity index is 1.64. The minimum absolute atomic E-state index is 0.0255. The van der Waals surface area contributed by atoms with E-state index in [2.05, 4.69) is 9.88 Å². The van der Waals surface area contributed by atoms with E-state index in [-0.39, 0.29) is 11.7 Å². The average Bonchev–Trinajstić information content (AvgIpc) is 2.55. The number of pyridine rings is 1. The van der Waals surface area contributed by atoms with E-state index in [1.54, 1.807) is 18.3 Å². The molecule has 3 rings (SSSR count). The number of aromatic nitrogens is 1. The van der Waals surface area contributed by atoms with Crippen molar-refractivity contribution in [2.24, 2.45) is 0 Å². The minimum atomic E-state index is -0.233. The van der Waals surface area contributed by atoms with E-state index >= 15 is 0 Å². The van der Waals surface area contributed by atoms with Crippen LogP contribution in [-0.4, -0.2) is 42.0 Å². The predicted molar refractivity (Wildman–Crippen MR) is 83.5 cm³/mol. The molecule has 1 fully saturated rings. The molecule has 2 aromatic rings. The summed E-state index contributed by atoms with van der Waals surface area (Å²) in [7, 11) is 0. The highest BCUT2D eigenvalue weighted by Crippen LogP contribution is 2.17. The maximum absolute atomic E-state index is 13.0. The molecule has 0 atom stereocenters. The molecule has 0 spiro atoms. The summed E-state index contributed by atoms with van der Waals surface area (Å²) in [6.07, 6.45) is 1.66. The summed E-state index contributed by atoms with van der Waals surface area (Å²) in [6.45, 7) is 4.72. The first-order valence-electron chi connectivity index (χ1n) is 7.36. The molecular formula is C17H18FN3O. The van der Waals surface area contributed by atoms with E-state index in [1.807, 2.05) is 24.0 Å². The van der Waals surface area contributed by atoms with Gasteiger partial charge >= 0.3 is 0 Å². The van der Waals surface area contributed by atoms with Crippen molar-refractivity contribution in [3.05, 3.63) is 59.7 Å². The summed E-state index contributed by atoms with van der Waals surface area (Å²) in [5.74, 6) is -0.259. The molecule has 1 aliphatic rings. The van der Waals surface area contributed by atoms with Crippen LogP contribution in [0.3, 0.4) is 0 Å². The van der Waals surface area contributed by atoms with Crippen LogP contribution in [-0.2, 0) is 0 Å². The average molecular weight is 299 g/mol. The second kappa shape index (κ2) is 6.13. The predicted octanol–water partition coefficient (Wildman–Crippen LogP) is 2.49. The van der Waals surface area contributed by atoms with Crippen LogP contribution in [0.2, 0.25) is 0 Å². The third kappa shape index (κ3) is 3.08. The van der Waals surface area contributed by atoms with Crippen LogP contribution >= 0.6 is 0 Å². The van der Waals surface area contributed by atoms with Crippen molar-refractivity contribution in [2.45, 2.75) is 6.92 Å². The Morgan fingerprint density at radius 3 is 2.41 bits per heavy atom. The lowest BCUT2D eigenvalue weighted by atomic mass is 10.2. The number of hydrogen-bond donors (Lipinski definition) is 0. The lowest BCUT2D eigenvalue weighted by Gasteiger charge is -2.36. The molecule has 0 saturated carbocycles. The Bertz CT molecular complexity index is 664. The van der Waals surface area contributed by atoms with Crippen molar-refractivity contribution in [3.8, 4) is 0 Å². The number of halogens is 1. The second-order valence-electron chi connectivity index (χ2n) is 5.47. The number of carbonyl (C=O) groups is 1. The van der Waals surface area contributed by atoms with E-state index in [0.29, 0.717) is 18.8 Å². The van der Waals surface area contributed by atoms with Gasteiger partial charge in [-0.05, 0) is 48.9 Å². The van der Waals surface area contributed by atoms with Gasteiger partial charge in [-0.1, -0.05) is 0 Å². The van der Waals surface area contributed by atoms with Gasteiger partial charge in [0.2, 0.25) is 0 Å². The Labute approximate surface area is 129 Å². The van der Waals surface area contributed by atoms with Crippen LogP contribution < -0.4 is 4.90 Å². The van der Waals surface area contributed by atoms with Crippen molar-refractivity contribution in [3.63, 3.8) is 0 Å². The highest BCUT2D eigenvalue weighted by atomic mass is 19.1. The molecule has 0 radical (unpaired) electrons. The molecule has 2 heterocycles. The Kier molecular flexibility index (Phi) is 4.04. The van der Waals surface area contributed by atoms with Crippen molar-refractivity contribution in [1.82, 2.24) is 9.88 Å². The first-order chi connectivity index (χ1) is 10.6. The number of piperazine rings is 1. The van der Waals surface area contributed by atoms with Crippen LogP contribution in [0.25, 0.3) is 0 Å². The number of benzene rings is 1. The molecular weight excluding hydrogens is 281 g/mol. The fourth-order valence-corrected chi connectivity index (χ4v) is 2.63. The molecule has 1 saturated heterocycles. The van der Waals surface area contributed by atoms with Gasteiger partial charge in [0.1, 0.15) is 11.5 Å². The highest BCUT2D eigenvalue weighted by molar-refractivity contribution is 5.92. The molecule has 0 N–H and O–H groups in total. The highest BCUT2D eigenvalue weighted by Gasteiger charge is 2.23. The van der Waals surface area contributed by atoms with Crippen molar-refractivity contribution < 1.29 is 9.18 Å². The summed E-state index contributed by atoms with van der Waals surface area (Å²) in [5, 5.41) is 0. The monoisotopic (exact) mass is 299 g/mol.